The van der Waals surface area contributed by atoms with Crippen LogP contribution in [0.25, 0.3) is 11.1 Å². The van der Waals surface area contributed by atoms with Gasteiger partial charge in [-0.05, 0) is 53.9 Å². The number of halogens is 1. The van der Waals surface area contributed by atoms with Crippen molar-refractivity contribution in [3.8, 4) is 16.9 Å². The highest BCUT2D eigenvalue weighted by atomic mass is 19.1. The molecule has 21 heavy (non-hydrogen) atoms. The molecule has 1 aliphatic rings. The summed E-state index contributed by atoms with van der Waals surface area (Å²) < 4.78 is 19.4. The second-order valence-corrected chi connectivity index (χ2v) is 5.28. The van der Waals surface area contributed by atoms with E-state index in [2.05, 4.69) is 5.32 Å². The molecule has 0 radical (unpaired) electrons. The molecule has 4 heteroatoms. The van der Waals surface area contributed by atoms with Gasteiger partial charge < -0.3 is 15.2 Å². The molecule has 1 fully saturated rings. The lowest BCUT2D eigenvalue weighted by atomic mass is 9.99. The van der Waals surface area contributed by atoms with Crippen LogP contribution in [0, 0.1) is 5.82 Å². The van der Waals surface area contributed by atoms with Crippen LogP contribution in [0.5, 0.6) is 5.75 Å². The summed E-state index contributed by atoms with van der Waals surface area (Å²) in [6.07, 6.45) is 1.17. The van der Waals surface area contributed by atoms with E-state index in [0.29, 0.717) is 6.61 Å². The summed E-state index contributed by atoms with van der Waals surface area (Å²) in [5.41, 5.74) is 2.55. The highest BCUT2D eigenvalue weighted by molar-refractivity contribution is 5.68. The van der Waals surface area contributed by atoms with E-state index in [1.165, 1.54) is 12.1 Å². The van der Waals surface area contributed by atoms with Gasteiger partial charge in [-0.15, -0.1) is 0 Å². The van der Waals surface area contributed by atoms with Gasteiger partial charge in [0.25, 0.3) is 0 Å². The number of phenolic OH excluding ortho intramolecular Hbond substituents is 1. The van der Waals surface area contributed by atoms with Gasteiger partial charge in [0.2, 0.25) is 0 Å². The first kappa shape index (κ1) is 14.0. The minimum Gasteiger partial charge on any atom is -0.508 e. The van der Waals surface area contributed by atoms with Crippen molar-refractivity contribution in [2.24, 2.45) is 0 Å². The van der Waals surface area contributed by atoms with E-state index < -0.39 is 0 Å². The van der Waals surface area contributed by atoms with Crippen molar-refractivity contribution in [2.75, 3.05) is 13.1 Å². The molecular weight excluding hydrogens is 269 g/mol. The van der Waals surface area contributed by atoms with Crippen LogP contribution in [-0.4, -0.2) is 24.3 Å². The number of ether oxygens (including phenoxy) is 1. The molecule has 2 aromatic carbocycles. The van der Waals surface area contributed by atoms with Crippen molar-refractivity contribution in [1.29, 1.82) is 0 Å². The fourth-order valence-corrected chi connectivity index (χ4v) is 2.61. The van der Waals surface area contributed by atoms with Crippen LogP contribution in [0.1, 0.15) is 12.0 Å². The van der Waals surface area contributed by atoms with Crippen LogP contribution in [-0.2, 0) is 11.3 Å². The normalized spacial score (nSPS) is 18.0. The molecule has 0 amide bonds. The van der Waals surface area contributed by atoms with Gasteiger partial charge in [0.05, 0.1) is 12.7 Å². The van der Waals surface area contributed by atoms with E-state index in [4.69, 9.17) is 4.74 Å². The van der Waals surface area contributed by atoms with Gasteiger partial charge in [0, 0.05) is 6.54 Å². The number of aromatic hydroxyl groups is 1. The Balaban J connectivity index is 1.85. The topological polar surface area (TPSA) is 41.5 Å². The van der Waals surface area contributed by atoms with Crippen LogP contribution >= 0.6 is 0 Å². The summed E-state index contributed by atoms with van der Waals surface area (Å²) in [7, 11) is 0. The molecule has 1 unspecified atom stereocenters. The van der Waals surface area contributed by atoms with Crippen LogP contribution in [0.3, 0.4) is 0 Å². The molecule has 110 valence electrons. The highest BCUT2D eigenvalue weighted by Gasteiger charge is 2.16. The fraction of sp³-hybridized carbons (Fsp3) is 0.294. The van der Waals surface area contributed by atoms with Crippen molar-refractivity contribution < 1.29 is 14.2 Å². The van der Waals surface area contributed by atoms with Gasteiger partial charge in [0.15, 0.2) is 0 Å². The van der Waals surface area contributed by atoms with E-state index in [-0.39, 0.29) is 17.7 Å². The van der Waals surface area contributed by atoms with Crippen LogP contribution in [0.4, 0.5) is 4.39 Å². The van der Waals surface area contributed by atoms with Crippen LogP contribution in [0.15, 0.2) is 42.5 Å². The minimum atomic E-state index is -0.276. The first-order chi connectivity index (χ1) is 10.2. The maximum Gasteiger partial charge on any atom is 0.123 e. The number of nitrogens with one attached hydrogen (secondary N) is 1. The average Bonchev–Trinajstić information content (AvgIpc) is 2.98. The lowest BCUT2D eigenvalue weighted by molar-refractivity contribution is 0.0543. The van der Waals surface area contributed by atoms with Crippen LogP contribution < -0.4 is 5.32 Å². The Morgan fingerprint density at radius 2 is 2.14 bits per heavy atom. The van der Waals surface area contributed by atoms with Gasteiger partial charge >= 0.3 is 0 Å². The molecular formula is C17H18FNO2. The monoisotopic (exact) mass is 287 g/mol. The van der Waals surface area contributed by atoms with E-state index in [1.54, 1.807) is 24.3 Å². The molecule has 2 aromatic rings. The Morgan fingerprint density at radius 1 is 1.24 bits per heavy atom. The number of phenols is 1. The van der Waals surface area contributed by atoms with E-state index in [1.807, 2.05) is 6.07 Å². The van der Waals surface area contributed by atoms with Gasteiger partial charge in [-0.25, -0.2) is 4.39 Å². The molecule has 2 N–H and O–H groups in total. The highest BCUT2D eigenvalue weighted by Crippen LogP contribution is 2.28. The van der Waals surface area contributed by atoms with Crippen molar-refractivity contribution >= 4 is 0 Å². The van der Waals surface area contributed by atoms with E-state index in [9.17, 15) is 9.50 Å². The fourth-order valence-electron chi connectivity index (χ4n) is 2.61. The summed E-state index contributed by atoms with van der Waals surface area (Å²) >= 11 is 0. The number of hydrogen-bond acceptors (Lipinski definition) is 3. The SMILES string of the molecule is Oc1cccc(-c2ccc(F)cc2COC2CCNC2)c1. The molecule has 0 spiro atoms. The summed E-state index contributed by atoms with van der Waals surface area (Å²) in [6.45, 7) is 2.18. The smallest absolute Gasteiger partial charge is 0.123 e. The third kappa shape index (κ3) is 3.40. The Hall–Kier alpha value is -1.91. The summed E-state index contributed by atoms with van der Waals surface area (Å²) in [5, 5.41) is 12.9. The molecule has 3 nitrogen and oxygen atoms in total. The molecule has 0 saturated carbocycles. The zero-order valence-electron chi connectivity index (χ0n) is 11.7. The summed E-state index contributed by atoms with van der Waals surface area (Å²) in [4.78, 5) is 0. The first-order valence-electron chi connectivity index (χ1n) is 7.12. The third-order valence-corrected chi connectivity index (χ3v) is 3.71. The maximum absolute atomic E-state index is 13.5. The molecule has 0 aliphatic carbocycles. The molecule has 1 heterocycles. The Labute approximate surface area is 123 Å². The van der Waals surface area contributed by atoms with Crippen molar-refractivity contribution in [3.63, 3.8) is 0 Å². The van der Waals surface area contributed by atoms with Crippen molar-refractivity contribution in [2.45, 2.75) is 19.1 Å². The average molecular weight is 287 g/mol. The predicted octanol–water partition coefficient (Wildman–Crippen LogP) is 3.08. The first-order valence-corrected chi connectivity index (χ1v) is 7.12. The molecule has 0 aromatic heterocycles. The van der Waals surface area contributed by atoms with Crippen LogP contribution in [0.2, 0.25) is 0 Å². The molecule has 1 saturated heterocycles. The van der Waals surface area contributed by atoms with E-state index in [0.717, 1.165) is 36.2 Å². The molecule has 0 bridgehead atoms. The van der Waals surface area contributed by atoms with Gasteiger partial charge in [-0.2, -0.15) is 0 Å². The van der Waals surface area contributed by atoms with Gasteiger partial charge in [0.1, 0.15) is 11.6 Å². The Bertz CT molecular complexity index is 624. The summed E-state index contributed by atoms with van der Waals surface area (Å²) in [6, 6.07) is 11.6. The third-order valence-electron chi connectivity index (χ3n) is 3.71. The zero-order chi connectivity index (χ0) is 14.7. The Morgan fingerprint density at radius 3 is 2.90 bits per heavy atom. The lowest BCUT2D eigenvalue weighted by Gasteiger charge is -2.14. The minimum absolute atomic E-state index is 0.185. The predicted molar refractivity (Wildman–Crippen MR) is 79.6 cm³/mol. The molecule has 1 atom stereocenters. The second-order valence-electron chi connectivity index (χ2n) is 5.28. The van der Waals surface area contributed by atoms with Gasteiger partial charge in [-0.1, -0.05) is 18.2 Å². The molecule has 1 aliphatic heterocycles. The number of hydrogen-bond donors (Lipinski definition) is 2. The van der Waals surface area contributed by atoms with Crippen molar-refractivity contribution in [1.82, 2.24) is 5.32 Å². The largest absolute Gasteiger partial charge is 0.508 e. The second kappa shape index (κ2) is 6.24. The Kier molecular flexibility index (Phi) is 4.18. The summed E-state index contributed by atoms with van der Waals surface area (Å²) in [5.74, 6) is -0.0780. The standard InChI is InChI=1S/C17H18FNO2/c18-14-4-5-17(12-2-1-3-15(20)9-12)13(8-14)11-21-16-6-7-19-10-16/h1-5,8-9,16,19-20H,6-7,10-11H2. The maximum atomic E-state index is 13.5. The zero-order valence-corrected chi connectivity index (χ0v) is 11.7. The molecule has 3 rings (SSSR count). The number of rotatable bonds is 4. The number of benzene rings is 2. The lowest BCUT2D eigenvalue weighted by Crippen LogP contribution is -2.16. The van der Waals surface area contributed by atoms with Gasteiger partial charge in [-0.3, -0.25) is 0 Å². The quantitative estimate of drug-likeness (QED) is 0.908. The van der Waals surface area contributed by atoms with Crippen molar-refractivity contribution in [3.05, 3.63) is 53.8 Å². The van der Waals surface area contributed by atoms with E-state index >= 15 is 0 Å².